The fraction of sp³-hybridized carbons (Fsp3) is 0.900. The summed E-state index contributed by atoms with van der Waals surface area (Å²) >= 11 is 0. The molecule has 13 heavy (non-hydrogen) atoms. The van der Waals surface area contributed by atoms with E-state index in [0.717, 1.165) is 12.8 Å². The van der Waals surface area contributed by atoms with Gasteiger partial charge in [-0.15, -0.1) is 0 Å². The molecule has 0 aliphatic rings. The Morgan fingerprint density at radius 1 is 1.38 bits per heavy atom. The Balaban J connectivity index is 3.31. The van der Waals surface area contributed by atoms with E-state index >= 15 is 0 Å². The molecule has 0 atom stereocenters. The molecule has 0 radical (unpaired) electrons. The van der Waals surface area contributed by atoms with Gasteiger partial charge in [-0.3, -0.25) is 0 Å². The van der Waals surface area contributed by atoms with Crippen molar-refractivity contribution in [1.82, 2.24) is 5.32 Å². The summed E-state index contributed by atoms with van der Waals surface area (Å²) in [6.07, 6.45) is 1.80. The lowest BCUT2D eigenvalue weighted by Gasteiger charge is -2.17. The van der Waals surface area contributed by atoms with E-state index in [9.17, 15) is 4.79 Å². The number of amides is 1. The van der Waals surface area contributed by atoms with Crippen LogP contribution in [-0.2, 0) is 4.74 Å². The molecule has 78 valence electrons. The highest BCUT2D eigenvalue weighted by molar-refractivity contribution is 5.66. The number of hydrogen-bond acceptors (Lipinski definition) is 2. The molecular formula is C10H21NO2. The van der Waals surface area contributed by atoms with E-state index in [1.54, 1.807) is 6.92 Å². The minimum Gasteiger partial charge on any atom is -0.450 e. The molecule has 3 heteroatoms. The van der Waals surface area contributed by atoms with Crippen LogP contribution in [0.2, 0.25) is 0 Å². The van der Waals surface area contributed by atoms with Crippen molar-refractivity contribution in [3.05, 3.63) is 0 Å². The van der Waals surface area contributed by atoms with Gasteiger partial charge in [-0.05, 0) is 25.2 Å². The van der Waals surface area contributed by atoms with Crippen LogP contribution in [0, 0.1) is 5.41 Å². The maximum absolute atomic E-state index is 10.8. The first-order valence-corrected chi connectivity index (χ1v) is 4.86. The van der Waals surface area contributed by atoms with Crippen molar-refractivity contribution < 1.29 is 9.53 Å². The Labute approximate surface area is 80.8 Å². The molecule has 0 aliphatic heterocycles. The summed E-state index contributed by atoms with van der Waals surface area (Å²) in [5.74, 6) is 0. The maximum atomic E-state index is 10.8. The van der Waals surface area contributed by atoms with Crippen molar-refractivity contribution in [2.24, 2.45) is 5.41 Å². The monoisotopic (exact) mass is 187 g/mol. The number of alkyl carbamates (subject to hydrolysis) is 1. The van der Waals surface area contributed by atoms with Gasteiger partial charge >= 0.3 is 6.09 Å². The number of hydrogen-bond donors (Lipinski definition) is 1. The molecule has 3 nitrogen and oxygen atoms in total. The molecule has 0 bridgehead atoms. The highest BCUT2D eigenvalue weighted by atomic mass is 16.5. The van der Waals surface area contributed by atoms with Gasteiger partial charge in [0.25, 0.3) is 0 Å². The second kappa shape index (κ2) is 5.84. The topological polar surface area (TPSA) is 38.3 Å². The quantitative estimate of drug-likeness (QED) is 0.687. The molecule has 0 aromatic carbocycles. The third-order valence-electron chi connectivity index (χ3n) is 1.65. The standard InChI is InChI=1S/C10H21NO2/c1-5-13-9(12)11-8-6-7-10(2,3)4/h5-8H2,1-4H3,(H,11,12). The van der Waals surface area contributed by atoms with Gasteiger partial charge in [-0.25, -0.2) is 4.79 Å². The normalized spacial score (nSPS) is 11.1. The lowest BCUT2D eigenvalue weighted by molar-refractivity contribution is 0.151. The van der Waals surface area contributed by atoms with Gasteiger partial charge in [0.15, 0.2) is 0 Å². The molecule has 0 aliphatic carbocycles. The van der Waals surface area contributed by atoms with Crippen LogP contribution < -0.4 is 5.32 Å². The summed E-state index contributed by atoms with van der Waals surface area (Å²) in [6, 6.07) is 0. The van der Waals surface area contributed by atoms with Crippen LogP contribution in [0.5, 0.6) is 0 Å². The minimum atomic E-state index is -0.309. The second-order valence-electron chi connectivity index (χ2n) is 4.31. The predicted octanol–water partition coefficient (Wildman–Crippen LogP) is 2.56. The highest BCUT2D eigenvalue weighted by Crippen LogP contribution is 2.19. The van der Waals surface area contributed by atoms with Crippen molar-refractivity contribution in [2.75, 3.05) is 13.2 Å². The Morgan fingerprint density at radius 3 is 2.46 bits per heavy atom. The largest absolute Gasteiger partial charge is 0.450 e. The molecule has 1 amide bonds. The zero-order valence-electron chi connectivity index (χ0n) is 9.14. The molecule has 0 saturated heterocycles. The number of rotatable bonds is 4. The van der Waals surface area contributed by atoms with E-state index in [2.05, 4.69) is 26.1 Å². The highest BCUT2D eigenvalue weighted by Gasteiger charge is 2.09. The van der Waals surface area contributed by atoms with Gasteiger partial charge in [0.05, 0.1) is 6.61 Å². The van der Waals surface area contributed by atoms with Crippen molar-refractivity contribution >= 4 is 6.09 Å². The third-order valence-corrected chi connectivity index (χ3v) is 1.65. The average molecular weight is 187 g/mol. The first kappa shape index (κ1) is 12.3. The maximum Gasteiger partial charge on any atom is 0.407 e. The van der Waals surface area contributed by atoms with Crippen LogP contribution in [0.4, 0.5) is 4.79 Å². The molecule has 0 spiro atoms. The predicted molar refractivity (Wildman–Crippen MR) is 53.7 cm³/mol. The smallest absolute Gasteiger partial charge is 0.407 e. The molecule has 0 saturated carbocycles. The Kier molecular flexibility index (Phi) is 5.51. The van der Waals surface area contributed by atoms with Crippen molar-refractivity contribution in [3.8, 4) is 0 Å². The number of carbonyl (C=O) groups is 1. The summed E-state index contributed by atoms with van der Waals surface area (Å²) < 4.78 is 4.72. The molecule has 1 N–H and O–H groups in total. The van der Waals surface area contributed by atoms with Crippen molar-refractivity contribution in [3.63, 3.8) is 0 Å². The fourth-order valence-electron chi connectivity index (χ4n) is 0.991. The van der Waals surface area contributed by atoms with E-state index in [-0.39, 0.29) is 6.09 Å². The van der Waals surface area contributed by atoms with E-state index < -0.39 is 0 Å². The first-order valence-electron chi connectivity index (χ1n) is 4.86. The third kappa shape index (κ3) is 9.18. The average Bonchev–Trinajstić information content (AvgIpc) is 1.97. The molecule has 0 heterocycles. The first-order chi connectivity index (χ1) is 5.95. The summed E-state index contributed by atoms with van der Waals surface area (Å²) in [7, 11) is 0. The lowest BCUT2D eigenvalue weighted by Crippen LogP contribution is -2.25. The van der Waals surface area contributed by atoms with Gasteiger partial charge in [0.2, 0.25) is 0 Å². The van der Waals surface area contributed by atoms with E-state index in [1.807, 2.05) is 0 Å². The van der Waals surface area contributed by atoms with Gasteiger partial charge in [-0.1, -0.05) is 20.8 Å². The van der Waals surface area contributed by atoms with E-state index in [0.29, 0.717) is 18.6 Å². The Hall–Kier alpha value is -0.730. The van der Waals surface area contributed by atoms with Crippen LogP contribution in [0.3, 0.4) is 0 Å². The van der Waals surface area contributed by atoms with E-state index in [1.165, 1.54) is 0 Å². The molecule has 0 aromatic heterocycles. The summed E-state index contributed by atoms with van der Waals surface area (Å²) in [4.78, 5) is 10.8. The van der Waals surface area contributed by atoms with Crippen molar-refractivity contribution in [2.45, 2.75) is 40.5 Å². The fourth-order valence-corrected chi connectivity index (χ4v) is 0.991. The zero-order chi connectivity index (χ0) is 10.3. The van der Waals surface area contributed by atoms with Crippen LogP contribution >= 0.6 is 0 Å². The minimum absolute atomic E-state index is 0.309. The molecule has 0 aromatic rings. The Bertz CT molecular complexity index is 149. The van der Waals surface area contributed by atoms with Crippen LogP contribution in [0.15, 0.2) is 0 Å². The summed E-state index contributed by atoms with van der Waals surface area (Å²) in [6.45, 7) is 9.52. The SMILES string of the molecule is CCOC(=O)NCCCC(C)(C)C. The zero-order valence-corrected chi connectivity index (χ0v) is 9.14. The summed E-state index contributed by atoms with van der Waals surface area (Å²) in [5.41, 5.74) is 0.344. The van der Waals surface area contributed by atoms with Gasteiger partial charge in [0.1, 0.15) is 0 Å². The summed E-state index contributed by atoms with van der Waals surface area (Å²) in [5, 5.41) is 2.70. The van der Waals surface area contributed by atoms with Gasteiger partial charge in [-0.2, -0.15) is 0 Å². The molecule has 0 unspecified atom stereocenters. The lowest BCUT2D eigenvalue weighted by atomic mass is 9.91. The molecule has 0 fully saturated rings. The Morgan fingerprint density at radius 2 is 2.00 bits per heavy atom. The number of carbonyl (C=O) groups excluding carboxylic acids is 1. The molecule has 0 rings (SSSR count). The van der Waals surface area contributed by atoms with Gasteiger partial charge in [0, 0.05) is 6.54 Å². The van der Waals surface area contributed by atoms with Crippen LogP contribution in [0.1, 0.15) is 40.5 Å². The van der Waals surface area contributed by atoms with Crippen molar-refractivity contribution in [1.29, 1.82) is 0 Å². The van der Waals surface area contributed by atoms with Gasteiger partial charge < -0.3 is 10.1 Å². The second-order valence-corrected chi connectivity index (χ2v) is 4.31. The van der Waals surface area contributed by atoms with E-state index in [4.69, 9.17) is 4.74 Å². The van der Waals surface area contributed by atoms with Crippen LogP contribution in [0.25, 0.3) is 0 Å². The number of ether oxygens (including phenoxy) is 1. The number of nitrogens with one attached hydrogen (secondary N) is 1. The van der Waals surface area contributed by atoms with Crippen LogP contribution in [-0.4, -0.2) is 19.2 Å². The molecular weight excluding hydrogens is 166 g/mol.